The summed E-state index contributed by atoms with van der Waals surface area (Å²) in [5.41, 5.74) is 5.44. The van der Waals surface area contributed by atoms with Gasteiger partial charge in [0.05, 0.1) is 6.42 Å². The lowest BCUT2D eigenvalue weighted by Crippen LogP contribution is -2.28. The van der Waals surface area contributed by atoms with Crippen molar-refractivity contribution in [2.45, 2.75) is 26.3 Å². The van der Waals surface area contributed by atoms with E-state index in [1.165, 1.54) is 0 Å². The van der Waals surface area contributed by atoms with Gasteiger partial charge in [-0.05, 0) is 5.92 Å². The van der Waals surface area contributed by atoms with Crippen LogP contribution in [0.1, 0.15) is 20.3 Å². The first-order chi connectivity index (χ1) is 4.04. The SMILES string of the molecule is CC(C)[C@H](N)CC(=O)O.Cl. The van der Waals surface area contributed by atoms with E-state index in [9.17, 15) is 4.79 Å². The fourth-order valence-corrected chi connectivity index (χ4v) is 0.437. The van der Waals surface area contributed by atoms with Crippen molar-refractivity contribution in [1.29, 1.82) is 0 Å². The Morgan fingerprint density at radius 2 is 2.00 bits per heavy atom. The van der Waals surface area contributed by atoms with E-state index in [1.54, 1.807) is 0 Å². The highest BCUT2D eigenvalue weighted by Gasteiger charge is 2.10. The molecule has 0 spiro atoms. The molecule has 62 valence electrons. The molecule has 4 heteroatoms. The third-order valence-electron chi connectivity index (χ3n) is 1.27. The van der Waals surface area contributed by atoms with E-state index < -0.39 is 5.97 Å². The number of nitrogens with two attached hydrogens (primary N) is 1. The average molecular weight is 168 g/mol. The van der Waals surface area contributed by atoms with Crippen LogP contribution >= 0.6 is 12.4 Å². The maximum absolute atomic E-state index is 10.0. The first kappa shape index (κ1) is 12.4. The lowest BCUT2D eigenvalue weighted by Gasteiger charge is -2.11. The third kappa shape index (κ3) is 5.85. The predicted molar refractivity (Wildman–Crippen MR) is 42.3 cm³/mol. The second-order valence-corrected chi connectivity index (χ2v) is 2.51. The Labute approximate surface area is 67.0 Å². The molecule has 3 nitrogen and oxygen atoms in total. The quantitative estimate of drug-likeness (QED) is 0.656. The van der Waals surface area contributed by atoms with E-state index in [-0.39, 0.29) is 30.8 Å². The molecule has 0 amide bonds. The Hall–Kier alpha value is -0.280. The van der Waals surface area contributed by atoms with Gasteiger partial charge in [0.15, 0.2) is 0 Å². The van der Waals surface area contributed by atoms with Crippen molar-refractivity contribution in [1.82, 2.24) is 0 Å². The summed E-state index contributed by atoms with van der Waals surface area (Å²) < 4.78 is 0. The molecule has 0 rings (SSSR count). The van der Waals surface area contributed by atoms with Gasteiger partial charge in [0.2, 0.25) is 0 Å². The number of rotatable bonds is 3. The average Bonchev–Trinajstić information content (AvgIpc) is 1.63. The van der Waals surface area contributed by atoms with Gasteiger partial charge in [-0.15, -0.1) is 12.4 Å². The highest BCUT2D eigenvalue weighted by molar-refractivity contribution is 5.85. The van der Waals surface area contributed by atoms with Crippen molar-refractivity contribution in [2.75, 3.05) is 0 Å². The van der Waals surface area contributed by atoms with E-state index in [0.717, 1.165) is 0 Å². The summed E-state index contributed by atoms with van der Waals surface area (Å²) in [6.45, 7) is 3.82. The summed E-state index contributed by atoms with van der Waals surface area (Å²) in [6.07, 6.45) is 0.0671. The Morgan fingerprint density at radius 1 is 1.60 bits per heavy atom. The van der Waals surface area contributed by atoms with Crippen LogP contribution in [-0.2, 0) is 4.79 Å². The fraction of sp³-hybridized carbons (Fsp3) is 0.833. The summed E-state index contributed by atoms with van der Waals surface area (Å²) in [5, 5.41) is 8.25. The zero-order valence-corrected chi connectivity index (χ0v) is 7.02. The van der Waals surface area contributed by atoms with Crippen LogP contribution in [0.15, 0.2) is 0 Å². The number of aliphatic carboxylic acids is 1. The van der Waals surface area contributed by atoms with Gasteiger partial charge in [0, 0.05) is 6.04 Å². The fourth-order valence-electron chi connectivity index (χ4n) is 0.437. The van der Waals surface area contributed by atoms with Crippen molar-refractivity contribution >= 4 is 18.4 Å². The molecule has 0 saturated heterocycles. The summed E-state index contributed by atoms with van der Waals surface area (Å²) in [4.78, 5) is 10.0. The van der Waals surface area contributed by atoms with Gasteiger partial charge in [-0.2, -0.15) is 0 Å². The van der Waals surface area contributed by atoms with Gasteiger partial charge in [0.1, 0.15) is 0 Å². The zero-order valence-electron chi connectivity index (χ0n) is 6.20. The number of hydrogen-bond donors (Lipinski definition) is 2. The predicted octanol–water partition coefficient (Wildman–Crippen LogP) is 0.866. The smallest absolute Gasteiger partial charge is 0.304 e. The van der Waals surface area contributed by atoms with Crippen LogP contribution in [0.25, 0.3) is 0 Å². The van der Waals surface area contributed by atoms with Crippen molar-refractivity contribution in [2.24, 2.45) is 11.7 Å². The summed E-state index contributed by atoms with van der Waals surface area (Å²) >= 11 is 0. The minimum Gasteiger partial charge on any atom is -0.481 e. The Bertz CT molecular complexity index is 106. The molecule has 0 fully saturated rings. The first-order valence-corrected chi connectivity index (χ1v) is 3.01. The minimum atomic E-state index is -0.823. The van der Waals surface area contributed by atoms with E-state index in [0.29, 0.717) is 0 Å². The molecule has 0 aliphatic carbocycles. The van der Waals surface area contributed by atoms with Crippen molar-refractivity contribution in [3.63, 3.8) is 0 Å². The largest absolute Gasteiger partial charge is 0.481 e. The normalized spacial score (nSPS) is 12.4. The lowest BCUT2D eigenvalue weighted by atomic mass is 10.0. The first-order valence-electron chi connectivity index (χ1n) is 3.01. The van der Waals surface area contributed by atoms with E-state index in [2.05, 4.69) is 0 Å². The van der Waals surface area contributed by atoms with E-state index in [4.69, 9.17) is 10.8 Å². The lowest BCUT2D eigenvalue weighted by molar-refractivity contribution is -0.137. The molecule has 0 aliphatic heterocycles. The molecule has 0 heterocycles. The second kappa shape index (κ2) is 5.50. The molecule has 0 saturated carbocycles. The summed E-state index contributed by atoms with van der Waals surface area (Å²) in [5.74, 6) is -0.572. The van der Waals surface area contributed by atoms with Crippen LogP contribution in [0.5, 0.6) is 0 Å². The molecule has 3 N–H and O–H groups in total. The molecule has 10 heavy (non-hydrogen) atoms. The van der Waals surface area contributed by atoms with Gasteiger partial charge in [-0.1, -0.05) is 13.8 Å². The Morgan fingerprint density at radius 3 is 2.10 bits per heavy atom. The van der Waals surface area contributed by atoms with Crippen LogP contribution in [0.3, 0.4) is 0 Å². The van der Waals surface area contributed by atoms with Gasteiger partial charge in [0.25, 0.3) is 0 Å². The second-order valence-electron chi connectivity index (χ2n) is 2.51. The van der Waals surface area contributed by atoms with Crippen LogP contribution in [0, 0.1) is 5.92 Å². The molecule has 1 atom stereocenters. The van der Waals surface area contributed by atoms with Crippen LogP contribution in [0.2, 0.25) is 0 Å². The molecular weight excluding hydrogens is 154 g/mol. The minimum absolute atomic E-state index is 0. The zero-order chi connectivity index (χ0) is 7.44. The molecule has 0 unspecified atom stereocenters. The molecule has 0 radical (unpaired) electrons. The Balaban J connectivity index is 0. The van der Waals surface area contributed by atoms with Gasteiger partial charge >= 0.3 is 5.97 Å². The summed E-state index contributed by atoms with van der Waals surface area (Å²) in [7, 11) is 0. The van der Waals surface area contributed by atoms with Gasteiger partial charge in [-0.25, -0.2) is 0 Å². The van der Waals surface area contributed by atoms with Crippen LogP contribution in [-0.4, -0.2) is 17.1 Å². The third-order valence-corrected chi connectivity index (χ3v) is 1.27. The van der Waals surface area contributed by atoms with Crippen molar-refractivity contribution < 1.29 is 9.90 Å². The van der Waals surface area contributed by atoms with E-state index >= 15 is 0 Å². The maximum Gasteiger partial charge on any atom is 0.304 e. The number of carbonyl (C=O) groups is 1. The van der Waals surface area contributed by atoms with Gasteiger partial charge in [-0.3, -0.25) is 4.79 Å². The molecule has 0 bridgehead atoms. The van der Waals surface area contributed by atoms with Crippen LogP contribution < -0.4 is 5.73 Å². The molecule has 0 aromatic heterocycles. The topological polar surface area (TPSA) is 63.3 Å². The monoisotopic (exact) mass is 167 g/mol. The number of carboxylic acid groups (broad SMARTS) is 1. The van der Waals surface area contributed by atoms with E-state index in [1.807, 2.05) is 13.8 Å². The highest BCUT2D eigenvalue weighted by atomic mass is 35.5. The van der Waals surface area contributed by atoms with Gasteiger partial charge < -0.3 is 10.8 Å². The number of carboxylic acids is 1. The number of halogens is 1. The molecule has 0 aliphatic rings. The molecule has 0 aromatic carbocycles. The molecule has 0 aromatic rings. The summed E-state index contributed by atoms with van der Waals surface area (Å²) in [6, 6.07) is -0.206. The van der Waals surface area contributed by atoms with Crippen molar-refractivity contribution in [3.05, 3.63) is 0 Å². The maximum atomic E-state index is 10.0. The van der Waals surface area contributed by atoms with Crippen LogP contribution in [0.4, 0.5) is 0 Å². The van der Waals surface area contributed by atoms with Crippen molar-refractivity contribution in [3.8, 4) is 0 Å². The molecular formula is C6H14ClNO2. The standard InChI is InChI=1S/C6H13NO2.ClH/c1-4(2)5(7)3-6(8)9;/h4-5H,3,7H2,1-2H3,(H,8,9);1H/t5-;/m1./s1. The highest BCUT2D eigenvalue weighted by Crippen LogP contribution is 2.01. The Kier molecular flexibility index (Phi) is 6.82. The number of hydrogen-bond acceptors (Lipinski definition) is 2.